The molecule has 0 unspecified atom stereocenters. The Morgan fingerprint density at radius 1 is 1.29 bits per heavy atom. The summed E-state index contributed by atoms with van der Waals surface area (Å²) < 4.78 is 2.17. The normalized spacial score (nSPS) is 11.2. The second kappa shape index (κ2) is 12.9. The van der Waals surface area contributed by atoms with Crippen molar-refractivity contribution >= 4 is 29.9 Å². The van der Waals surface area contributed by atoms with Crippen LogP contribution in [-0.4, -0.2) is 28.6 Å². The largest absolute Gasteiger partial charge is 0.370 e. The van der Waals surface area contributed by atoms with Crippen LogP contribution in [0.25, 0.3) is 0 Å². The van der Waals surface area contributed by atoms with Gasteiger partial charge in [-0.1, -0.05) is 26.2 Å². The lowest BCUT2D eigenvalue weighted by molar-refractivity contribution is 0.590. The maximum absolute atomic E-state index is 5.81. The lowest BCUT2D eigenvalue weighted by Crippen LogP contribution is -2.32. The minimum Gasteiger partial charge on any atom is -0.370 e. The Morgan fingerprint density at radius 2 is 2.10 bits per heavy atom. The molecule has 0 aliphatic rings. The molecule has 5 nitrogen and oxygen atoms in total. The Bertz CT molecular complexity index is 389. The highest BCUT2D eigenvalue weighted by Crippen LogP contribution is 1.99. The van der Waals surface area contributed by atoms with Gasteiger partial charge in [0.2, 0.25) is 0 Å². The standard InChI is InChI=1S/C15H29N5.HI/c1-3-4-5-6-9-18-15(16)19-10-7-8-12-20-13-11-17-14(20)2;/h11,13H,3-10,12H2,1-2H3,(H3,16,18,19);1H. The molecule has 0 aliphatic carbocycles. The third kappa shape index (κ3) is 9.71. The van der Waals surface area contributed by atoms with Gasteiger partial charge >= 0.3 is 0 Å². The van der Waals surface area contributed by atoms with Gasteiger partial charge in [-0.15, -0.1) is 24.0 Å². The Labute approximate surface area is 145 Å². The molecule has 21 heavy (non-hydrogen) atoms. The third-order valence-electron chi connectivity index (χ3n) is 3.35. The second-order valence-corrected chi connectivity index (χ2v) is 5.13. The van der Waals surface area contributed by atoms with Crippen molar-refractivity contribution in [2.45, 2.75) is 58.9 Å². The summed E-state index contributed by atoms with van der Waals surface area (Å²) in [5, 5.41) is 3.17. The van der Waals surface area contributed by atoms with E-state index in [1.54, 1.807) is 0 Å². The molecule has 0 fully saturated rings. The smallest absolute Gasteiger partial charge is 0.188 e. The first kappa shape index (κ1) is 20.2. The number of halogens is 1. The van der Waals surface area contributed by atoms with Crippen molar-refractivity contribution in [2.24, 2.45) is 10.7 Å². The van der Waals surface area contributed by atoms with Crippen LogP contribution in [0.5, 0.6) is 0 Å². The Balaban J connectivity index is 0.00000400. The van der Waals surface area contributed by atoms with Gasteiger partial charge in [-0.05, 0) is 26.2 Å². The molecular weight excluding hydrogens is 377 g/mol. The molecule has 1 aromatic rings. The molecule has 1 rings (SSSR count). The van der Waals surface area contributed by atoms with Crippen LogP contribution >= 0.6 is 24.0 Å². The lowest BCUT2D eigenvalue weighted by atomic mass is 10.2. The summed E-state index contributed by atoms with van der Waals surface area (Å²) in [6, 6.07) is 0. The van der Waals surface area contributed by atoms with E-state index in [9.17, 15) is 0 Å². The predicted molar refractivity (Wildman–Crippen MR) is 100 cm³/mol. The van der Waals surface area contributed by atoms with Crippen LogP contribution in [0.1, 0.15) is 51.3 Å². The van der Waals surface area contributed by atoms with Crippen molar-refractivity contribution in [2.75, 3.05) is 13.1 Å². The van der Waals surface area contributed by atoms with E-state index >= 15 is 0 Å². The van der Waals surface area contributed by atoms with Crippen LogP contribution in [0.15, 0.2) is 17.4 Å². The molecule has 0 bridgehead atoms. The molecule has 0 spiro atoms. The van der Waals surface area contributed by atoms with Gasteiger partial charge < -0.3 is 15.6 Å². The number of hydrogen-bond acceptors (Lipinski definition) is 2. The molecule has 0 aliphatic heterocycles. The van der Waals surface area contributed by atoms with Crippen LogP contribution in [0, 0.1) is 6.92 Å². The average Bonchev–Trinajstić information content (AvgIpc) is 2.84. The quantitative estimate of drug-likeness (QED) is 0.271. The first-order valence-corrected chi connectivity index (χ1v) is 7.75. The number of unbranched alkanes of at least 4 members (excludes halogenated alkanes) is 4. The third-order valence-corrected chi connectivity index (χ3v) is 3.35. The van der Waals surface area contributed by atoms with Crippen LogP contribution < -0.4 is 11.1 Å². The van der Waals surface area contributed by atoms with Gasteiger partial charge in [0.05, 0.1) is 0 Å². The van der Waals surface area contributed by atoms with Crippen molar-refractivity contribution in [3.8, 4) is 0 Å². The highest BCUT2D eigenvalue weighted by Gasteiger charge is 1.96. The van der Waals surface area contributed by atoms with Crippen molar-refractivity contribution in [1.82, 2.24) is 14.9 Å². The Hall–Kier alpha value is -0.790. The fourth-order valence-electron chi connectivity index (χ4n) is 2.06. The number of imidazole rings is 1. The summed E-state index contributed by atoms with van der Waals surface area (Å²) in [5.41, 5.74) is 5.81. The van der Waals surface area contributed by atoms with Crippen LogP contribution in [-0.2, 0) is 6.54 Å². The van der Waals surface area contributed by atoms with Gasteiger partial charge in [0.25, 0.3) is 0 Å². The van der Waals surface area contributed by atoms with E-state index in [2.05, 4.69) is 26.8 Å². The predicted octanol–water partition coefficient (Wildman–Crippen LogP) is 3.07. The van der Waals surface area contributed by atoms with Crippen molar-refractivity contribution < 1.29 is 0 Å². The van der Waals surface area contributed by atoms with Crippen molar-refractivity contribution in [1.29, 1.82) is 0 Å². The van der Waals surface area contributed by atoms with E-state index in [-0.39, 0.29) is 24.0 Å². The highest BCUT2D eigenvalue weighted by molar-refractivity contribution is 14.0. The fourth-order valence-corrected chi connectivity index (χ4v) is 2.06. The summed E-state index contributed by atoms with van der Waals surface area (Å²) in [6.45, 7) is 6.98. The van der Waals surface area contributed by atoms with Crippen molar-refractivity contribution in [3.63, 3.8) is 0 Å². The van der Waals surface area contributed by atoms with E-state index < -0.39 is 0 Å². The summed E-state index contributed by atoms with van der Waals surface area (Å²) >= 11 is 0. The zero-order valence-corrected chi connectivity index (χ0v) is 15.7. The molecule has 1 aromatic heterocycles. The highest BCUT2D eigenvalue weighted by atomic mass is 127. The molecule has 6 heteroatoms. The zero-order valence-electron chi connectivity index (χ0n) is 13.3. The van der Waals surface area contributed by atoms with Gasteiger partial charge in [-0.3, -0.25) is 4.99 Å². The molecule has 0 atom stereocenters. The number of aromatic nitrogens is 2. The molecule has 0 radical (unpaired) electrons. The van der Waals surface area contributed by atoms with Crippen molar-refractivity contribution in [3.05, 3.63) is 18.2 Å². The SMILES string of the molecule is CCCCCCN=C(N)NCCCCn1ccnc1C.I. The van der Waals surface area contributed by atoms with Gasteiger partial charge in [0, 0.05) is 32.0 Å². The Morgan fingerprint density at radius 3 is 2.76 bits per heavy atom. The first-order valence-electron chi connectivity index (χ1n) is 7.75. The maximum Gasteiger partial charge on any atom is 0.188 e. The summed E-state index contributed by atoms with van der Waals surface area (Å²) in [5.74, 6) is 1.66. The number of nitrogens with two attached hydrogens (primary N) is 1. The van der Waals surface area contributed by atoms with Crippen LogP contribution in [0.2, 0.25) is 0 Å². The number of aryl methyl sites for hydroxylation is 2. The molecule has 0 aromatic carbocycles. The lowest BCUT2D eigenvalue weighted by Gasteiger charge is -2.07. The molecule has 122 valence electrons. The molecule has 3 N–H and O–H groups in total. The number of guanidine groups is 1. The summed E-state index contributed by atoms with van der Waals surface area (Å²) in [4.78, 5) is 8.53. The molecule has 0 amide bonds. The number of rotatable bonds is 10. The van der Waals surface area contributed by atoms with E-state index in [0.717, 1.165) is 44.7 Å². The van der Waals surface area contributed by atoms with E-state index in [1.165, 1.54) is 19.3 Å². The number of hydrogen-bond donors (Lipinski definition) is 2. The van der Waals surface area contributed by atoms with Gasteiger partial charge in [-0.25, -0.2) is 4.98 Å². The molecule has 0 saturated heterocycles. The van der Waals surface area contributed by atoms with E-state index in [4.69, 9.17) is 5.73 Å². The average molecular weight is 407 g/mol. The van der Waals surface area contributed by atoms with Crippen LogP contribution in [0.4, 0.5) is 0 Å². The number of nitrogens with one attached hydrogen (secondary N) is 1. The zero-order chi connectivity index (χ0) is 14.6. The maximum atomic E-state index is 5.81. The summed E-state index contributed by atoms with van der Waals surface area (Å²) in [7, 11) is 0. The van der Waals surface area contributed by atoms with Crippen LogP contribution in [0.3, 0.4) is 0 Å². The minimum atomic E-state index is 0. The number of aliphatic imine (C=N–C) groups is 1. The molecule has 1 heterocycles. The second-order valence-electron chi connectivity index (χ2n) is 5.13. The summed E-state index contributed by atoms with van der Waals surface area (Å²) in [6.07, 6.45) is 11.0. The van der Waals surface area contributed by atoms with Gasteiger partial charge in [0.15, 0.2) is 5.96 Å². The fraction of sp³-hybridized carbons (Fsp3) is 0.733. The van der Waals surface area contributed by atoms with Gasteiger partial charge in [-0.2, -0.15) is 0 Å². The number of nitrogens with zero attached hydrogens (tertiary/aromatic N) is 3. The Kier molecular flexibility index (Phi) is 12.4. The topological polar surface area (TPSA) is 68.2 Å². The molecular formula is C15H30IN5. The van der Waals surface area contributed by atoms with E-state index in [0.29, 0.717) is 5.96 Å². The van der Waals surface area contributed by atoms with E-state index in [1.807, 2.05) is 19.3 Å². The monoisotopic (exact) mass is 407 g/mol. The minimum absolute atomic E-state index is 0. The first-order chi connectivity index (χ1) is 9.74. The van der Waals surface area contributed by atoms with Gasteiger partial charge in [0.1, 0.15) is 5.82 Å². The molecule has 0 saturated carbocycles.